The zero-order chi connectivity index (χ0) is 14.9. The zero-order valence-corrected chi connectivity index (χ0v) is 12.3. The molecule has 2 N–H and O–H groups in total. The number of methoxy groups -OCH3 is 1. The Labute approximate surface area is 125 Å². The van der Waals surface area contributed by atoms with Crippen LogP contribution < -0.4 is 15.4 Å². The number of hydrogen-bond donors (Lipinski definition) is 2. The Bertz CT molecular complexity index is 567. The fourth-order valence-electron chi connectivity index (χ4n) is 1.83. The SMILES string of the molecule is CN=C(NCc1ccc(OC)cc1)NCc1ccccn1. The molecule has 0 aliphatic heterocycles. The van der Waals surface area contributed by atoms with E-state index in [4.69, 9.17) is 4.74 Å². The van der Waals surface area contributed by atoms with E-state index in [0.717, 1.165) is 23.0 Å². The number of benzene rings is 1. The third-order valence-corrected chi connectivity index (χ3v) is 3.01. The van der Waals surface area contributed by atoms with Crippen molar-refractivity contribution in [3.05, 3.63) is 59.9 Å². The van der Waals surface area contributed by atoms with Crippen molar-refractivity contribution >= 4 is 5.96 Å². The molecule has 110 valence electrons. The van der Waals surface area contributed by atoms with Gasteiger partial charge >= 0.3 is 0 Å². The van der Waals surface area contributed by atoms with E-state index >= 15 is 0 Å². The average Bonchev–Trinajstić information content (AvgIpc) is 2.56. The van der Waals surface area contributed by atoms with Gasteiger partial charge in [0.05, 0.1) is 19.3 Å². The van der Waals surface area contributed by atoms with Gasteiger partial charge in [-0.3, -0.25) is 9.98 Å². The van der Waals surface area contributed by atoms with Crippen LogP contribution in [0.25, 0.3) is 0 Å². The summed E-state index contributed by atoms with van der Waals surface area (Å²) >= 11 is 0. The van der Waals surface area contributed by atoms with Gasteiger partial charge in [-0.25, -0.2) is 0 Å². The first-order valence-corrected chi connectivity index (χ1v) is 6.79. The number of nitrogens with zero attached hydrogens (tertiary/aromatic N) is 2. The van der Waals surface area contributed by atoms with Gasteiger partial charge in [0.1, 0.15) is 5.75 Å². The third-order valence-electron chi connectivity index (χ3n) is 3.01. The molecule has 0 saturated heterocycles. The molecule has 0 atom stereocenters. The molecule has 2 rings (SSSR count). The van der Waals surface area contributed by atoms with E-state index in [1.807, 2.05) is 42.5 Å². The second-order valence-electron chi connectivity index (χ2n) is 4.45. The molecule has 5 nitrogen and oxygen atoms in total. The molecule has 1 heterocycles. The molecule has 2 aromatic rings. The lowest BCUT2D eigenvalue weighted by Crippen LogP contribution is -2.36. The van der Waals surface area contributed by atoms with Gasteiger partial charge in [-0.15, -0.1) is 0 Å². The summed E-state index contributed by atoms with van der Waals surface area (Å²) in [6.07, 6.45) is 1.78. The maximum atomic E-state index is 5.14. The van der Waals surface area contributed by atoms with E-state index in [2.05, 4.69) is 20.6 Å². The second kappa shape index (κ2) is 7.89. The van der Waals surface area contributed by atoms with Gasteiger partial charge in [0.15, 0.2) is 5.96 Å². The first-order valence-electron chi connectivity index (χ1n) is 6.79. The van der Waals surface area contributed by atoms with Crippen LogP contribution in [0.1, 0.15) is 11.3 Å². The maximum Gasteiger partial charge on any atom is 0.191 e. The standard InChI is InChI=1S/C16H20N4O/c1-17-16(20-12-14-5-3-4-10-18-14)19-11-13-6-8-15(21-2)9-7-13/h3-10H,11-12H2,1-2H3,(H2,17,19,20). The van der Waals surface area contributed by atoms with Crippen molar-refractivity contribution < 1.29 is 4.74 Å². The molecule has 0 fully saturated rings. The third kappa shape index (κ3) is 4.80. The van der Waals surface area contributed by atoms with Gasteiger partial charge in [-0.2, -0.15) is 0 Å². The summed E-state index contributed by atoms with van der Waals surface area (Å²) in [5, 5.41) is 6.49. The second-order valence-corrected chi connectivity index (χ2v) is 4.45. The molecular weight excluding hydrogens is 264 g/mol. The van der Waals surface area contributed by atoms with E-state index < -0.39 is 0 Å². The van der Waals surface area contributed by atoms with Crippen molar-refractivity contribution in [1.82, 2.24) is 15.6 Å². The number of aromatic nitrogens is 1. The predicted octanol–water partition coefficient (Wildman–Crippen LogP) is 1.96. The molecule has 1 aromatic heterocycles. The summed E-state index contributed by atoms with van der Waals surface area (Å²) in [4.78, 5) is 8.46. The highest BCUT2D eigenvalue weighted by Crippen LogP contribution is 2.10. The Morgan fingerprint density at radius 2 is 1.86 bits per heavy atom. The van der Waals surface area contributed by atoms with Crippen LogP contribution in [0.5, 0.6) is 5.75 Å². The van der Waals surface area contributed by atoms with Crippen LogP contribution in [0.3, 0.4) is 0 Å². The summed E-state index contributed by atoms with van der Waals surface area (Å²) in [6, 6.07) is 13.8. The van der Waals surface area contributed by atoms with E-state index in [1.165, 1.54) is 0 Å². The summed E-state index contributed by atoms with van der Waals surface area (Å²) in [5.41, 5.74) is 2.14. The number of ether oxygens (including phenoxy) is 1. The Hall–Kier alpha value is -2.56. The lowest BCUT2D eigenvalue weighted by atomic mass is 10.2. The van der Waals surface area contributed by atoms with Crippen molar-refractivity contribution in [2.75, 3.05) is 14.2 Å². The monoisotopic (exact) mass is 284 g/mol. The number of guanidine groups is 1. The maximum absolute atomic E-state index is 5.14. The van der Waals surface area contributed by atoms with E-state index in [1.54, 1.807) is 20.4 Å². The molecule has 0 aliphatic carbocycles. The van der Waals surface area contributed by atoms with Crippen molar-refractivity contribution in [2.24, 2.45) is 4.99 Å². The summed E-state index contributed by atoms with van der Waals surface area (Å²) < 4.78 is 5.14. The molecule has 0 saturated carbocycles. The molecule has 5 heteroatoms. The molecule has 21 heavy (non-hydrogen) atoms. The molecule has 0 amide bonds. The smallest absolute Gasteiger partial charge is 0.191 e. The number of nitrogens with one attached hydrogen (secondary N) is 2. The van der Waals surface area contributed by atoms with Crippen LogP contribution in [-0.2, 0) is 13.1 Å². The fourth-order valence-corrected chi connectivity index (χ4v) is 1.83. The van der Waals surface area contributed by atoms with Crippen LogP contribution in [-0.4, -0.2) is 25.1 Å². The molecule has 0 radical (unpaired) electrons. The zero-order valence-electron chi connectivity index (χ0n) is 12.3. The first kappa shape index (κ1) is 14.8. The molecule has 0 aliphatic rings. The fraction of sp³-hybridized carbons (Fsp3) is 0.250. The summed E-state index contributed by atoms with van der Waals surface area (Å²) in [7, 11) is 3.42. The Morgan fingerprint density at radius 1 is 1.10 bits per heavy atom. The number of rotatable bonds is 5. The topological polar surface area (TPSA) is 58.5 Å². The van der Waals surface area contributed by atoms with Gasteiger partial charge in [-0.05, 0) is 29.8 Å². The van der Waals surface area contributed by atoms with Crippen molar-refractivity contribution in [3.63, 3.8) is 0 Å². The first-order chi connectivity index (χ1) is 10.3. The van der Waals surface area contributed by atoms with Crippen LogP contribution in [0.15, 0.2) is 53.7 Å². The minimum Gasteiger partial charge on any atom is -0.497 e. The number of pyridine rings is 1. The Balaban J connectivity index is 1.82. The lowest BCUT2D eigenvalue weighted by molar-refractivity contribution is 0.414. The normalized spacial score (nSPS) is 11.0. The van der Waals surface area contributed by atoms with E-state index in [-0.39, 0.29) is 0 Å². The molecule has 1 aromatic carbocycles. The van der Waals surface area contributed by atoms with Crippen LogP contribution >= 0.6 is 0 Å². The minimum absolute atomic E-state index is 0.642. The highest BCUT2D eigenvalue weighted by Gasteiger charge is 2.00. The highest BCUT2D eigenvalue weighted by molar-refractivity contribution is 5.79. The molecule has 0 unspecified atom stereocenters. The van der Waals surface area contributed by atoms with Gasteiger partial charge < -0.3 is 15.4 Å². The minimum atomic E-state index is 0.642. The molecular formula is C16H20N4O. The van der Waals surface area contributed by atoms with Crippen molar-refractivity contribution in [1.29, 1.82) is 0 Å². The van der Waals surface area contributed by atoms with Gasteiger partial charge in [0, 0.05) is 19.8 Å². The van der Waals surface area contributed by atoms with Crippen molar-refractivity contribution in [3.8, 4) is 5.75 Å². The Kier molecular flexibility index (Phi) is 5.58. The Morgan fingerprint density at radius 3 is 2.48 bits per heavy atom. The number of hydrogen-bond acceptors (Lipinski definition) is 3. The average molecular weight is 284 g/mol. The molecule has 0 bridgehead atoms. The van der Waals surface area contributed by atoms with E-state index in [0.29, 0.717) is 13.1 Å². The number of aliphatic imine (C=N–C) groups is 1. The van der Waals surface area contributed by atoms with Gasteiger partial charge in [0.2, 0.25) is 0 Å². The largest absolute Gasteiger partial charge is 0.497 e. The van der Waals surface area contributed by atoms with Gasteiger partial charge in [-0.1, -0.05) is 18.2 Å². The summed E-state index contributed by atoms with van der Waals surface area (Å²) in [5.74, 6) is 1.60. The van der Waals surface area contributed by atoms with E-state index in [9.17, 15) is 0 Å². The van der Waals surface area contributed by atoms with Gasteiger partial charge in [0.25, 0.3) is 0 Å². The highest BCUT2D eigenvalue weighted by atomic mass is 16.5. The predicted molar refractivity (Wildman–Crippen MR) is 84.3 cm³/mol. The van der Waals surface area contributed by atoms with Crippen molar-refractivity contribution in [2.45, 2.75) is 13.1 Å². The van der Waals surface area contributed by atoms with Crippen LogP contribution in [0.2, 0.25) is 0 Å². The quantitative estimate of drug-likeness (QED) is 0.651. The molecule has 0 spiro atoms. The summed E-state index contributed by atoms with van der Waals surface area (Å²) in [6.45, 7) is 1.34. The van der Waals surface area contributed by atoms with Crippen LogP contribution in [0.4, 0.5) is 0 Å². The lowest BCUT2D eigenvalue weighted by Gasteiger charge is -2.12. The van der Waals surface area contributed by atoms with Crippen LogP contribution in [0, 0.1) is 0 Å².